The molecule has 0 spiro atoms. The molecule has 0 radical (unpaired) electrons. The van der Waals surface area contributed by atoms with Crippen LogP contribution in [0.5, 0.6) is 0 Å². The van der Waals surface area contributed by atoms with Gasteiger partial charge in [-0.3, -0.25) is 4.79 Å². The van der Waals surface area contributed by atoms with E-state index in [9.17, 15) is 9.59 Å². The van der Waals surface area contributed by atoms with Crippen LogP contribution in [0.2, 0.25) is 0 Å². The molecule has 2 aromatic rings. The molecule has 150 valence electrons. The number of rotatable bonds is 6. The number of carbonyl (C=O) groups excluding carboxylic acids is 2. The molecule has 0 bridgehead atoms. The predicted octanol–water partition coefficient (Wildman–Crippen LogP) is 3.80. The van der Waals surface area contributed by atoms with Gasteiger partial charge in [-0.2, -0.15) is 0 Å². The van der Waals surface area contributed by atoms with E-state index in [1.54, 1.807) is 23.7 Å². The highest BCUT2D eigenvalue weighted by atomic mass is 32.2. The second-order valence-corrected chi connectivity index (χ2v) is 8.25. The van der Waals surface area contributed by atoms with Gasteiger partial charge in [0, 0.05) is 10.6 Å². The van der Waals surface area contributed by atoms with E-state index in [4.69, 9.17) is 9.15 Å². The van der Waals surface area contributed by atoms with Gasteiger partial charge in [-0.25, -0.2) is 9.79 Å². The molecule has 2 aliphatic rings. The molecule has 0 saturated carbocycles. The number of thioether (sulfide) groups is 1. The van der Waals surface area contributed by atoms with E-state index >= 15 is 0 Å². The van der Waals surface area contributed by atoms with Gasteiger partial charge in [0.05, 0.1) is 37.6 Å². The maximum absolute atomic E-state index is 12.5. The summed E-state index contributed by atoms with van der Waals surface area (Å²) in [5.41, 5.74) is 1.91. The molecule has 0 aromatic carbocycles. The standard InChI is InChI=1S/C20H19N3O4S2/c1-12-17(19(25)26-2)18(15-6-4-8-28-15)23-13(11-29-20(23)22-12)9-16(24)21-10-14-5-3-7-27-14/h3-8,11,18H,9-10H2,1-2H3,(H,21,24)/t18-/m1/s1. The molecular weight excluding hydrogens is 410 g/mol. The summed E-state index contributed by atoms with van der Waals surface area (Å²) >= 11 is 3.01. The number of esters is 1. The Morgan fingerprint density at radius 3 is 2.90 bits per heavy atom. The van der Waals surface area contributed by atoms with Crippen molar-refractivity contribution < 1.29 is 18.7 Å². The van der Waals surface area contributed by atoms with E-state index in [-0.39, 0.29) is 18.4 Å². The Morgan fingerprint density at radius 2 is 2.21 bits per heavy atom. The number of amidine groups is 1. The van der Waals surface area contributed by atoms with Gasteiger partial charge in [0.1, 0.15) is 11.8 Å². The van der Waals surface area contributed by atoms with Gasteiger partial charge >= 0.3 is 5.97 Å². The molecule has 29 heavy (non-hydrogen) atoms. The highest BCUT2D eigenvalue weighted by Gasteiger charge is 2.41. The van der Waals surface area contributed by atoms with Gasteiger partial charge in [-0.05, 0) is 35.9 Å². The second-order valence-electron chi connectivity index (χ2n) is 6.43. The summed E-state index contributed by atoms with van der Waals surface area (Å²) < 4.78 is 10.3. The molecule has 7 nitrogen and oxygen atoms in total. The van der Waals surface area contributed by atoms with Crippen molar-refractivity contribution in [2.24, 2.45) is 4.99 Å². The predicted molar refractivity (Wildman–Crippen MR) is 112 cm³/mol. The first-order valence-corrected chi connectivity index (χ1v) is 10.7. The molecule has 0 fully saturated rings. The first-order valence-electron chi connectivity index (χ1n) is 8.93. The van der Waals surface area contributed by atoms with E-state index in [0.29, 0.717) is 23.6 Å². The molecule has 1 atom stereocenters. The Kier molecular flexibility index (Phi) is 5.59. The lowest BCUT2D eigenvalue weighted by atomic mass is 9.99. The molecule has 2 aromatic heterocycles. The molecule has 4 heterocycles. The minimum absolute atomic E-state index is 0.134. The minimum atomic E-state index is -0.415. The summed E-state index contributed by atoms with van der Waals surface area (Å²) in [6.45, 7) is 2.14. The van der Waals surface area contributed by atoms with E-state index in [2.05, 4.69) is 10.3 Å². The van der Waals surface area contributed by atoms with Crippen LogP contribution in [0, 0.1) is 0 Å². The van der Waals surface area contributed by atoms with Crippen LogP contribution in [-0.4, -0.2) is 29.1 Å². The normalized spacial score (nSPS) is 18.3. The van der Waals surface area contributed by atoms with Crippen molar-refractivity contribution >= 4 is 40.1 Å². The summed E-state index contributed by atoms with van der Waals surface area (Å²) in [6.07, 6.45) is 1.74. The van der Waals surface area contributed by atoms with Crippen molar-refractivity contribution in [1.82, 2.24) is 10.2 Å². The number of hydrogen-bond acceptors (Lipinski definition) is 8. The van der Waals surface area contributed by atoms with Crippen LogP contribution in [0.3, 0.4) is 0 Å². The van der Waals surface area contributed by atoms with E-state index in [0.717, 1.165) is 15.7 Å². The summed E-state index contributed by atoms with van der Waals surface area (Å²) in [5.74, 6) is 0.142. The number of methoxy groups -OCH3 is 1. The third kappa shape index (κ3) is 3.88. The molecule has 0 saturated heterocycles. The fourth-order valence-corrected chi connectivity index (χ4v) is 5.07. The maximum atomic E-state index is 12.5. The van der Waals surface area contributed by atoms with Crippen LogP contribution in [0.1, 0.15) is 30.0 Å². The molecule has 1 N–H and O–H groups in total. The number of nitrogens with one attached hydrogen (secondary N) is 1. The molecule has 0 aliphatic carbocycles. The highest BCUT2D eigenvalue weighted by molar-refractivity contribution is 8.16. The average Bonchev–Trinajstić information content (AvgIpc) is 3.47. The minimum Gasteiger partial charge on any atom is -0.467 e. The first-order chi connectivity index (χ1) is 14.1. The summed E-state index contributed by atoms with van der Waals surface area (Å²) in [4.78, 5) is 32.6. The Hall–Kier alpha value is -2.78. The third-order valence-electron chi connectivity index (χ3n) is 4.60. The summed E-state index contributed by atoms with van der Waals surface area (Å²) in [6, 6.07) is 7.14. The van der Waals surface area contributed by atoms with Gasteiger partial charge in [-0.15, -0.1) is 11.3 Å². The number of furan rings is 1. The number of thiophene rings is 1. The van der Waals surface area contributed by atoms with Crippen molar-refractivity contribution in [3.05, 3.63) is 68.9 Å². The number of allylic oxidation sites excluding steroid dienone is 1. The maximum Gasteiger partial charge on any atom is 0.338 e. The van der Waals surface area contributed by atoms with Crippen LogP contribution < -0.4 is 5.32 Å². The van der Waals surface area contributed by atoms with E-state index in [1.807, 2.05) is 40.8 Å². The fourth-order valence-electron chi connectivity index (χ4n) is 3.28. The van der Waals surface area contributed by atoms with Crippen molar-refractivity contribution in [1.29, 1.82) is 0 Å². The van der Waals surface area contributed by atoms with Crippen molar-refractivity contribution in [3.8, 4) is 0 Å². The molecule has 4 rings (SSSR count). The summed E-state index contributed by atoms with van der Waals surface area (Å²) in [7, 11) is 1.37. The first kappa shape index (κ1) is 19.5. The number of carbonyl (C=O) groups is 2. The number of nitrogens with zero attached hydrogens (tertiary/aromatic N) is 2. The van der Waals surface area contributed by atoms with Crippen molar-refractivity contribution in [2.45, 2.75) is 25.9 Å². The van der Waals surface area contributed by atoms with Gasteiger partial charge in [0.2, 0.25) is 5.91 Å². The smallest absolute Gasteiger partial charge is 0.338 e. The van der Waals surface area contributed by atoms with Crippen LogP contribution in [0.25, 0.3) is 0 Å². The Balaban J connectivity index is 1.58. The largest absolute Gasteiger partial charge is 0.467 e. The second kappa shape index (κ2) is 8.30. The zero-order valence-corrected chi connectivity index (χ0v) is 17.5. The van der Waals surface area contributed by atoms with Crippen LogP contribution in [0.4, 0.5) is 0 Å². The number of aliphatic imine (C=N–C) groups is 1. The molecule has 1 amide bonds. The highest BCUT2D eigenvalue weighted by Crippen LogP contribution is 2.45. The molecular formula is C20H19N3O4S2. The average molecular weight is 430 g/mol. The molecule has 0 unspecified atom stereocenters. The fraction of sp³-hybridized carbons (Fsp3) is 0.250. The number of ether oxygens (including phenoxy) is 1. The van der Waals surface area contributed by atoms with Crippen molar-refractivity contribution in [2.75, 3.05) is 7.11 Å². The van der Waals surface area contributed by atoms with Crippen LogP contribution in [0.15, 0.2) is 67.7 Å². The van der Waals surface area contributed by atoms with Gasteiger partial charge < -0.3 is 19.4 Å². The Labute approximate surface area is 176 Å². The van der Waals surface area contributed by atoms with E-state index < -0.39 is 5.97 Å². The topological polar surface area (TPSA) is 84.1 Å². The molecule has 9 heteroatoms. The van der Waals surface area contributed by atoms with Gasteiger partial charge in [-0.1, -0.05) is 17.8 Å². The zero-order valence-electron chi connectivity index (χ0n) is 15.9. The van der Waals surface area contributed by atoms with Crippen LogP contribution in [-0.2, 0) is 20.9 Å². The Bertz CT molecular complexity index is 1010. The zero-order chi connectivity index (χ0) is 20.4. The van der Waals surface area contributed by atoms with Gasteiger partial charge in [0.25, 0.3) is 0 Å². The van der Waals surface area contributed by atoms with Crippen LogP contribution >= 0.6 is 23.1 Å². The third-order valence-corrected chi connectivity index (χ3v) is 6.41. The van der Waals surface area contributed by atoms with Crippen molar-refractivity contribution in [3.63, 3.8) is 0 Å². The summed E-state index contributed by atoms with van der Waals surface area (Å²) in [5, 5.41) is 7.49. The SMILES string of the molecule is COC(=O)C1=C(C)N=C2SC=C(CC(=O)NCc3ccco3)N2[C@@H]1c1cccs1. The lowest BCUT2D eigenvalue weighted by Gasteiger charge is -2.35. The number of fused-ring (bicyclic) bond motifs is 1. The number of hydrogen-bond donors (Lipinski definition) is 1. The molecule has 2 aliphatic heterocycles. The monoisotopic (exact) mass is 429 g/mol. The lowest BCUT2D eigenvalue weighted by Crippen LogP contribution is -2.37. The van der Waals surface area contributed by atoms with Gasteiger partial charge in [0.15, 0.2) is 5.17 Å². The van der Waals surface area contributed by atoms with E-state index in [1.165, 1.54) is 18.9 Å². The quantitative estimate of drug-likeness (QED) is 0.704. The number of amides is 1. The Morgan fingerprint density at radius 1 is 1.34 bits per heavy atom. The lowest BCUT2D eigenvalue weighted by molar-refractivity contribution is -0.136.